The Morgan fingerprint density at radius 2 is 1.20 bits per heavy atom. The molecule has 6 aromatic carbocycles. The van der Waals surface area contributed by atoms with Crippen molar-refractivity contribution in [3.8, 4) is 11.5 Å². The molecule has 2 heterocycles. The average molecular weight is 1410 g/mol. The molecule has 5 atom stereocenters. The van der Waals surface area contributed by atoms with Crippen molar-refractivity contribution >= 4 is 58.9 Å². The van der Waals surface area contributed by atoms with Crippen molar-refractivity contribution in [2.75, 3.05) is 57.9 Å². The molecule has 0 bridgehead atoms. The Labute approximate surface area is 602 Å². The number of benzene rings is 6. The number of piperidine rings is 1. The number of hydrogen-bond donors (Lipinski definition) is 7. The zero-order valence-electron chi connectivity index (χ0n) is 59.8. The fourth-order valence-corrected chi connectivity index (χ4v) is 14.3. The lowest BCUT2D eigenvalue weighted by Crippen LogP contribution is -2.45. The number of aliphatic carboxylic acids is 2. The molecule has 101 heavy (non-hydrogen) atoms. The second kappa shape index (κ2) is 41.2. The number of carbonyl (C=O) groups excluding carboxylic acids is 3. The van der Waals surface area contributed by atoms with Gasteiger partial charge in [-0.1, -0.05) is 149 Å². The summed E-state index contributed by atoms with van der Waals surface area (Å²) in [6.07, 6.45) is 16.1. The highest BCUT2D eigenvalue weighted by Gasteiger charge is 2.38. The second-order valence-electron chi connectivity index (χ2n) is 27.9. The van der Waals surface area contributed by atoms with E-state index in [4.69, 9.17) is 26.2 Å². The van der Waals surface area contributed by atoms with E-state index in [1.54, 1.807) is 48.5 Å². The lowest BCUT2D eigenvalue weighted by atomic mass is 9.76. The van der Waals surface area contributed by atoms with Crippen LogP contribution in [-0.2, 0) is 44.9 Å². The predicted octanol–water partition coefficient (Wildman–Crippen LogP) is 14.9. The van der Waals surface area contributed by atoms with Gasteiger partial charge in [0, 0.05) is 68.2 Å². The van der Waals surface area contributed by atoms with Gasteiger partial charge < -0.3 is 55.7 Å². The van der Waals surface area contributed by atoms with Gasteiger partial charge in [0.15, 0.2) is 0 Å². The standard InChI is InChI=1S/C27H38N2O3.C19H25NO3.C19H27NO3.C17H16ClNO4/c1-4-32-26-19-21(12-13-23(26)27(30)31)14-15-28-24(18-20(2)3)22-10-6-7-11-25(22)29-16-8-5-9-17-29;21-18(20-12-15-8-4-5-9-16(15)13-20)11-17(19(22)23)10-14-6-2-1-3-7-14;1-13(2)15-8-10-16(11-9-15)18(21)20-17(19(22)23)12-14-6-4-3-5-7-14;1-23-15-7-6-13(18)10-14(15)16(20)19-9-8-11-2-4-12(5-3-11)17(21)22/h6-7,10-13,19-20,24,28H,4-5,8-9,14-18H2,1-3H3,(H,30,31);1-3,6-7,15-17H,4-5,8-13H2,(H,22,23);3-7,13,15-17H,8-12H2,1-2H3,(H,20,21)(H,22,23);2-7,10H,8-9H2,1H3,(H,19,20)(H,21,22). The van der Waals surface area contributed by atoms with Crippen molar-refractivity contribution < 1.29 is 63.5 Å². The van der Waals surface area contributed by atoms with E-state index in [-0.39, 0.29) is 47.2 Å². The number of hydrogen-bond acceptors (Lipinski definition) is 11. The quantitative estimate of drug-likeness (QED) is 0.0241. The van der Waals surface area contributed by atoms with E-state index in [2.05, 4.69) is 72.8 Å². The van der Waals surface area contributed by atoms with Gasteiger partial charge in [-0.3, -0.25) is 19.2 Å². The van der Waals surface area contributed by atoms with Crippen LogP contribution in [0.4, 0.5) is 5.69 Å². The number of halogens is 1. The summed E-state index contributed by atoms with van der Waals surface area (Å²) in [5.74, 6) is -0.664. The van der Waals surface area contributed by atoms with Gasteiger partial charge in [-0.25, -0.2) is 14.4 Å². The number of nitrogens with zero attached hydrogens (tertiary/aromatic N) is 2. The Morgan fingerprint density at radius 1 is 0.594 bits per heavy atom. The minimum atomic E-state index is -0.974. The van der Waals surface area contributed by atoms with Crippen molar-refractivity contribution in [1.29, 1.82) is 0 Å². The maximum Gasteiger partial charge on any atom is 0.339 e. The molecule has 19 heteroatoms. The lowest BCUT2D eigenvalue weighted by Gasteiger charge is -2.33. The number of carboxylic acids is 4. The van der Waals surface area contributed by atoms with Gasteiger partial charge in [0.2, 0.25) is 11.8 Å². The first-order valence-electron chi connectivity index (χ1n) is 36.2. The fourth-order valence-electron chi connectivity index (χ4n) is 14.1. The molecular weight excluding hydrogens is 1300 g/mol. The molecule has 18 nitrogen and oxygen atoms in total. The molecule has 6 aromatic rings. The van der Waals surface area contributed by atoms with Crippen LogP contribution in [0.3, 0.4) is 0 Å². The molecule has 5 unspecified atom stereocenters. The highest BCUT2D eigenvalue weighted by Crippen LogP contribution is 2.38. The SMILES string of the molecule is CC(C)C1CCC(C(=O)NC(Cc2ccccc2)C(=O)O)CC1.CCOc1cc(CCNC(CC(C)C)c2ccccc2N2CCCCC2)ccc1C(=O)O.COc1ccc(Cl)cc1C(=O)NCCc1ccc(C(=O)O)cc1.O=C(O)C(CC(=O)N1CC2CCCCC2C1)Cc1ccccc1. The average Bonchev–Trinajstić information content (AvgIpc) is 1.79. The molecule has 7 N–H and O–H groups in total. The smallest absolute Gasteiger partial charge is 0.339 e. The van der Waals surface area contributed by atoms with Crippen LogP contribution < -0.4 is 30.3 Å². The summed E-state index contributed by atoms with van der Waals surface area (Å²) in [4.78, 5) is 86.8. The molecule has 0 radical (unpaired) electrons. The van der Waals surface area contributed by atoms with Crippen molar-refractivity contribution in [3.63, 3.8) is 0 Å². The van der Waals surface area contributed by atoms with Crippen molar-refractivity contribution in [2.45, 2.75) is 156 Å². The summed E-state index contributed by atoms with van der Waals surface area (Å²) >= 11 is 5.90. The first-order chi connectivity index (χ1) is 48.6. The maximum atomic E-state index is 12.6. The third-order valence-electron chi connectivity index (χ3n) is 19.8. The second-order valence-corrected chi connectivity index (χ2v) is 28.3. The third-order valence-corrected chi connectivity index (χ3v) is 20.0. The Hall–Kier alpha value is -8.74. The van der Waals surface area contributed by atoms with E-state index in [1.807, 2.05) is 84.6 Å². The highest BCUT2D eigenvalue weighted by molar-refractivity contribution is 6.31. The van der Waals surface area contributed by atoms with Crippen LogP contribution in [0.25, 0.3) is 0 Å². The van der Waals surface area contributed by atoms with Crippen LogP contribution in [0.15, 0.2) is 146 Å². The molecule has 3 amide bonds. The Bertz CT molecular complexity index is 3580. The molecule has 2 saturated carbocycles. The molecule has 2 aliphatic heterocycles. The predicted molar refractivity (Wildman–Crippen MR) is 396 cm³/mol. The number of fused-ring (bicyclic) bond motifs is 1. The summed E-state index contributed by atoms with van der Waals surface area (Å²) in [6.45, 7) is 16.5. The highest BCUT2D eigenvalue weighted by atomic mass is 35.5. The zero-order chi connectivity index (χ0) is 72.8. The molecule has 2 saturated heterocycles. The van der Waals surface area contributed by atoms with E-state index in [0.717, 1.165) is 93.5 Å². The largest absolute Gasteiger partial charge is 0.496 e. The first-order valence-corrected chi connectivity index (χ1v) is 36.6. The van der Waals surface area contributed by atoms with Crippen molar-refractivity contribution in [3.05, 3.63) is 195 Å². The van der Waals surface area contributed by atoms with Crippen LogP contribution in [-0.4, -0.2) is 126 Å². The van der Waals surface area contributed by atoms with Crippen LogP contribution in [0, 0.1) is 41.4 Å². The number of likely N-dealkylation sites (tertiary alicyclic amines) is 1. The summed E-state index contributed by atoms with van der Waals surface area (Å²) in [5.41, 5.74) is 7.51. The molecule has 0 spiro atoms. The van der Waals surface area contributed by atoms with E-state index in [9.17, 15) is 48.9 Å². The van der Waals surface area contributed by atoms with Gasteiger partial charge in [0.1, 0.15) is 23.1 Å². The number of anilines is 1. The van der Waals surface area contributed by atoms with Crippen molar-refractivity contribution in [1.82, 2.24) is 20.9 Å². The number of aromatic carboxylic acids is 2. The minimum Gasteiger partial charge on any atom is -0.496 e. The Balaban J connectivity index is 0.000000191. The monoisotopic (exact) mass is 1400 g/mol. The number of nitrogens with one attached hydrogen (secondary N) is 3. The maximum absolute atomic E-state index is 12.6. The van der Waals surface area contributed by atoms with Crippen molar-refractivity contribution in [2.24, 2.45) is 41.4 Å². The van der Waals surface area contributed by atoms with Gasteiger partial charge in [-0.05, 0) is 203 Å². The van der Waals surface area contributed by atoms with Gasteiger partial charge in [0.25, 0.3) is 5.91 Å². The molecule has 0 aromatic heterocycles. The molecular formula is C82H106ClN5O13. The molecule has 544 valence electrons. The summed E-state index contributed by atoms with van der Waals surface area (Å²) in [5, 5.41) is 46.9. The Kier molecular flexibility index (Phi) is 32.5. The summed E-state index contributed by atoms with van der Waals surface area (Å²) in [6, 6.07) is 44.1. The number of rotatable bonds is 28. The topological polar surface area (TPSA) is 261 Å². The first kappa shape index (κ1) is 79.6. The minimum absolute atomic E-state index is 0.0164. The van der Waals surface area contributed by atoms with E-state index in [1.165, 1.54) is 63.3 Å². The molecule has 4 aliphatic rings. The number of amides is 3. The van der Waals surface area contributed by atoms with E-state index in [0.29, 0.717) is 84.1 Å². The normalized spacial score (nSPS) is 17.9. The molecule has 4 fully saturated rings. The molecule has 2 aliphatic carbocycles. The van der Waals surface area contributed by atoms with Crippen LogP contribution >= 0.6 is 11.6 Å². The van der Waals surface area contributed by atoms with E-state index < -0.39 is 35.8 Å². The summed E-state index contributed by atoms with van der Waals surface area (Å²) in [7, 11) is 1.49. The number of para-hydroxylation sites is 1. The van der Waals surface area contributed by atoms with E-state index >= 15 is 0 Å². The number of carbonyl (C=O) groups is 7. The zero-order valence-corrected chi connectivity index (χ0v) is 60.5. The van der Waals surface area contributed by atoms with Crippen LogP contribution in [0.1, 0.15) is 183 Å². The number of methoxy groups -OCH3 is 1. The van der Waals surface area contributed by atoms with Gasteiger partial charge in [0.05, 0.1) is 30.8 Å². The molecule has 10 rings (SSSR count). The fraction of sp³-hybridized carbons (Fsp3) is 0.476. The Morgan fingerprint density at radius 3 is 1.77 bits per heavy atom. The summed E-state index contributed by atoms with van der Waals surface area (Å²) < 4.78 is 10.7. The van der Waals surface area contributed by atoms with Gasteiger partial charge >= 0.3 is 23.9 Å². The number of ether oxygens (including phenoxy) is 2. The van der Waals surface area contributed by atoms with Crippen LogP contribution in [0.2, 0.25) is 5.02 Å². The number of carboxylic acid groups (broad SMARTS) is 4. The van der Waals surface area contributed by atoms with Gasteiger partial charge in [-0.2, -0.15) is 0 Å². The lowest BCUT2D eigenvalue weighted by molar-refractivity contribution is -0.145. The van der Waals surface area contributed by atoms with Gasteiger partial charge in [-0.15, -0.1) is 0 Å². The third kappa shape index (κ3) is 25.7. The van der Waals surface area contributed by atoms with Crippen LogP contribution in [0.5, 0.6) is 11.5 Å².